The van der Waals surface area contributed by atoms with Gasteiger partial charge < -0.3 is 10.2 Å². The Morgan fingerprint density at radius 2 is 2.31 bits per heavy atom. The van der Waals surface area contributed by atoms with Gasteiger partial charge in [0.05, 0.1) is 0 Å². The number of carbonyl (C=O) groups is 2. The maximum Gasteiger partial charge on any atom is 0.228 e. The highest BCUT2D eigenvalue weighted by molar-refractivity contribution is 5.99. The minimum absolute atomic E-state index is 0.0505. The number of benzene rings is 1. The highest BCUT2D eigenvalue weighted by Crippen LogP contribution is 2.22. The molecule has 1 aliphatic rings. The summed E-state index contributed by atoms with van der Waals surface area (Å²) in [5.74, 6) is 0.113. The van der Waals surface area contributed by atoms with E-state index in [9.17, 15) is 9.59 Å². The SMILES string of the molecule is CC(=O)NCc1cccc(N2CCC2=O)c1. The van der Waals surface area contributed by atoms with Gasteiger partial charge in [0.2, 0.25) is 11.8 Å². The van der Waals surface area contributed by atoms with Crippen LogP contribution in [0, 0.1) is 0 Å². The van der Waals surface area contributed by atoms with Crippen molar-refractivity contribution in [3.05, 3.63) is 29.8 Å². The van der Waals surface area contributed by atoms with Crippen LogP contribution in [0.5, 0.6) is 0 Å². The van der Waals surface area contributed by atoms with Crippen LogP contribution in [0.3, 0.4) is 0 Å². The molecule has 0 bridgehead atoms. The van der Waals surface area contributed by atoms with Crippen molar-refractivity contribution < 1.29 is 9.59 Å². The van der Waals surface area contributed by atoms with Crippen molar-refractivity contribution in [1.82, 2.24) is 5.32 Å². The molecule has 2 rings (SSSR count). The van der Waals surface area contributed by atoms with E-state index >= 15 is 0 Å². The highest BCUT2D eigenvalue weighted by atomic mass is 16.2. The summed E-state index contributed by atoms with van der Waals surface area (Å²) in [4.78, 5) is 23.8. The van der Waals surface area contributed by atoms with Gasteiger partial charge in [-0.3, -0.25) is 9.59 Å². The number of hydrogen-bond acceptors (Lipinski definition) is 2. The summed E-state index contributed by atoms with van der Waals surface area (Å²) in [7, 11) is 0. The molecule has 2 amide bonds. The summed E-state index contributed by atoms with van der Waals surface area (Å²) in [6.45, 7) is 2.79. The zero-order valence-corrected chi connectivity index (χ0v) is 9.19. The number of carbonyl (C=O) groups excluding carboxylic acids is 2. The van der Waals surface area contributed by atoms with Crippen LogP contribution >= 0.6 is 0 Å². The van der Waals surface area contributed by atoms with Gasteiger partial charge in [-0.2, -0.15) is 0 Å². The number of hydrogen-bond donors (Lipinski definition) is 1. The fraction of sp³-hybridized carbons (Fsp3) is 0.333. The fourth-order valence-corrected chi connectivity index (χ4v) is 1.65. The first-order valence-corrected chi connectivity index (χ1v) is 5.30. The van der Waals surface area contributed by atoms with E-state index in [1.54, 1.807) is 4.90 Å². The largest absolute Gasteiger partial charge is 0.352 e. The van der Waals surface area contributed by atoms with Crippen LogP contribution in [-0.4, -0.2) is 18.4 Å². The van der Waals surface area contributed by atoms with Gasteiger partial charge in [-0.1, -0.05) is 12.1 Å². The molecule has 1 aromatic carbocycles. The third kappa shape index (κ3) is 2.21. The van der Waals surface area contributed by atoms with E-state index in [1.807, 2.05) is 24.3 Å². The van der Waals surface area contributed by atoms with Gasteiger partial charge in [-0.15, -0.1) is 0 Å². The Morgan fingerprint density at radius 1 is 1.50 bits per heavy atom. The van der Waals surface area contributed by atoms with Crippen LogP contribution < -0.4 is 10.2 Å². The average molecular weight is 218 g/mol. The van der Waals surface area contributed by atoms with Crippen molar-refractivity contribution in [3.8, 4) is 0 Å². The Kier molecular flexibility index (Phi) is 2.90. The second kappa shape index (κ2) is 4.35. The van der Waals surface area contributed by atoms with E-state index in [4.69, 9.17) is 0 Å². The standard InChI is InChI=1S/C12H14N2O2/c1-9(15)13-8-10-3-2-4-11(7-10)14-6-5-12(14)16/h2-4,7H,5-6,8H2,1H3,(H,13,15). The van der Waals surface area contributed by atoms with E-state index in [2.05, 4.69) is 5.32 Å². The lowest BCUT2D eigenvalue weighted by Crippen LogP contribution is -2.43. The molecule has 1 saturated heterocycles. The number of rotatable bonds is 3. The summed E-state index contributed by atoms with van der Waals surface area (Å²) >= 11 is 0. The van der Waals surface area contributed by atoms with E-state index in [0.717, 1.165) is 17.8 Å². The second-order valence-corrected chi connectivity index (χ2v) is 3.88. The van der Waals surface area contributed by atoms with Gasteiger partial charge in [-0.05, 0) is 17.7 Å². The smallest absolute Gasteiger partial charge is 0.228 e. The minimum Gasteiger partial charge on any atom is -0.352 e. The monoisotopic (exact) mass is 218 g/mol. The number of amides is 2. The lowest BCUT2D eigenvalue weighted by atomic mass is 10.1. The van der Waals surface area contributed by atoms with Gasteiger partial charge >= 0.3 is 0 Å². The molecule has 0 unspecified atom stereocenters. The van der Waals surface area contributed by atoms with Gasteiger partial charge in [0.15, 0.2) is 0 Å². The van der Waals surface area contributed by atoms with Gasteiger partial charge in [0.1, 0.15) is 0 Å². The number of anilines is 1. The molecule has 1 aliphatic heterocycles. The molecule has 1 N–H and O–H groups in total. The normalized spacial score (nSPS) is 14.6. The van der Waals surface area contributed by atoms with E-state index in [1.165, 1.54) is 6.92 Å². The first kappa shape index (κ1) is 10.7. The first-order chi connectivity index (χ1) is 7.66. The fourth-order valence-electron chi connectivity index (χ4n) is 1.65. The van der Waals surface area contributed by atoms with Crippen LogP contribution in [-0.2, 0) is 16.1 Å². The van der Waals surface area contributed by atoms with Crippen LogP contribution in [0.15, 0.2) is 24.3 Å². The number of β-lactam (4-membered cyclic amide) rings is 1. The average Bonchev–Trinajstić information content (AvgIpc) is 2.25. The van der Waals surface area contributed by atoms with Crippen molar-refractivity contribution in [2.45, 2.75) is 19.9 Å². The Hall–Kier alpha value is -1.84. The molecule has 84 valence electrons. The maximum atomic E-state index is 11.3. The quantitative estimate of drug-likeness (QED) is 0.771. The predicted octanol–water partition coefficient (Wildman–Crippen LogP) is 1.06. The summed E-state index contributed by atoms with van der Waals surface area (Å²) in [6.07, 6.45) is 0.635. The van der Waals surface area contributed by atoms with Crippen molar-refractivity contribution in [2.75, 3.05) is 11.4 Å². The van der Waals surface area contributed by atoms with Crippen molar-refractivity contribution >= 4 is 17.5 Å². The van der Waals surface area contributed by atoms with Crippen molar-refractivity contribution in [3.63, 3.8) is 0 Å². The summed E-state index contributed by atoms with van der Waals surface area (Å²) < 4.78 is 0. The van der Waals surface area contributed by atoms with Gasteiger partial charge in [0, 0.05) is 32.1 Å². The number of nitrogens with zero attached hydrogens (tertiary/aromatic N) is 1. The molecule has 0 spiro atoms. The Bertz CT molecular complexity index is 429. The molecule has 4 heteroatoms. The molecular weight excluding hydrogens is 204 g/mol. The zero-order chi connectivity index (χ0) is 11.5. The van der Waals surface area contributed by atoms with Crippen LogP contribution in [0.25, 0.3) is 0 Å². The van der Waals surface area contributed by atoms with E-state index < -0.39 is 0 Å². The number of nitrogens with one attached hydrogen (secondary N) is 1. The molecule has 1 heterocycles. The maximum absolute atomic E-state index is 11.3. The second-order valence-electron chi connectivity index (χ2n) is 3.88. The Balaban J connectivity index is 2.07. The van der Waals surface area contributed by atoms with E-state index in [-0.39, 0.29) is 11.8 Å². The topological polar surface area (TPSA) is 49.4 Å². The molecule has 1 aromatic rings. The lowest BCUT2D eigenvalue weighted by molar-refractivity contribution is -0.122. The molecule has 16 heavy (non-hydrogen) atoms. The van der Waals surface area contributed by atoms with Crippen molar-refractivity contribution in [1.29, 1.82) is 0 Å². The van der Waals surface area contributed by atoms with Gasteiger partial charge in [-0.25, -0.2) is 0 Å². The van der Waals surface area contributed by atoms with Crippen LogP contribution in [0.2, 0.25) is 0 Å². The molecule has 0 aromatic heterocycles. The molecule has 0 saturated carbocycles. The summed E-state index contributed by atoms with van der Waals surface area (Å²) in [5.41, 5.74) is 1.92. The molecule has 0 radical (unpaired) electrons. The van der Waals surface area contributed by atoms with Crippen LogP contribution in [0.4, 0.5) is 5.69 Å². The predicted molar refractivity (Wildman–Crippen MR) is 60.9 cm³/mol. The summed E-state index contributed by atoms with van der Waals surface area (Å²) in [5, 5.41) is 2.73. The Morgan fingerprint density at radius 3 is 2.88 bits per heavy atom. The lowest BCUT2D eigenvalue weighted by Gasteiger charge is -2.30. The summed E-state index contributed by atoms with van der Waals surface area (Å²) in [6, 6.07) is 7.68. The van der Waals surface area contributed by atoms with Gasteiger partial charge in [0.25, 0.3) is 0 Å². The Labute approximate surface area is 94.2 Å². The van der Waals surface area contributed by atoms with E-state index in [0.29, 0.717) is 13.0 Å². The third-order valence-electron chi connectivity index (χ3n) is 2.61. The minimum atomic E-state index is -0.0505. The highest BCUT2D eigenvalue weighted by Gasteiger charge is 2.24. The molecular formula is C12H14N2O2. The molecule has 0 aliphatic carbocycles. The molecule has 4 nitrogen and oxygen atoms in total. The molecule has 1 fully saturated rings. The third-order valence-corrected chi connectivity index (χ3v) is 2.61. The molecule has 0 atom stereocenters. The van der Waals surface area contributed by atoms with Crippen LogP contribution in [0.1, 0.15) is 18.9 Å². The first-order valence-electron chi connectivity index (χ1n) is 5.30. The zero-order valence-electron chi connectivity index (χ0n) is 9.19. The van der Waals surface area contributed by atoms with Crippen molar-refractivity contribution in [2.24, 2.45) is 0 Å².